The highest BCUT2D eigenvalue weighted by molar-refractivity contribution is 7.99. The smallest absolute Gasteiger partial charge is 0.329 e. The Morgan fingerprint density at radius 3 is 2.67 bits per heavy atom. The van der Waals surface area contributed by atoms with Crippen molar-refractivity contribution in [3.63, 3.8) is 0 Å². The van der Waals surface area contributed by atoms with Gasteiger partial charge in [-0.3, -0.25) is 14.3 Å². The average Bonchev–Trinajstić information content (AvgIpc) is 3.08. The van der Waals surface area contributed by atoms with E-state index < -0.39 is 30.1 Å². The second kappa shape index (κ2) is 9.47. The molecule has 0 spiro atoms. The lowest BCUT2D eigenvalue weighted by Gasteiger charge is -2.16. The van der Waals surface area contributed by atoms with Crippen LogP contribution in [-0.2, 0) is 13.6 Å². The molecule has 0 aliphatic carbocycles. The van der Waals surface area contributed by atoms with Crippen molar-refractivity contribution in [1.29, 1.82) is 0 Å². The number of thioether (sulfide) groups is 1. The minimum atomic E-state index is -0.973. The van der Waals surface area contributed by atoms with Crippen molar-refractivity contribution in [1.82, 2.24) is 19.1 Å². The number of para-hydroxylation sites is 1. The summed E-state index contributed by atoms with van der Waals surface area (Å²) in [5.74, 6) is 0.773. The Morgan fingerprint density at radius 2 is 1.97 bits per heavy atom. The fourth-order valence-electron chi connectivity index (χ4n) is 2.89. The molecule has 162 valence electrons. The number of aryl methyl sites for hydroxylation is 2. The Hall–Kier alpha value is -2.60. The zero-order chi connectivity index (χ0) is 21.8. The van der Waals surface area contributed by atoms with Gasteiger partial charge >= 0.3 is 5.69 Å². The first-order valence-corrected chi connectivity index (χ1v) is 10.3. The molecule has 0 fully saturated rings. The van der Waals surface area contributed by atoms with E-state index in [-0.39, 0.29) is 30.1 Å². The van der Waals surface area contributed by atoms with Crippen LogP contribution in [0.1, 0.15) is 5.56 Å². The van der Waals surface area contributed by atoms with E-state index in [2.05, 4.69) is 9.97 Å². The van der Waals surface area contributed by atoms with Crippen LogP contribution in [0, 0.1) is 6.92 Å². The molecule has 4 N–H and O–H groups in total. The molecule has 0 aliphatic heterocycles. The summed E-state index contributed by atoms with van der Waals surface area (Å²) in [7, 11) is 1.48. The maximum absolute atomic E-state index is 12.4. The fourth-order valence-corrected chi connectivity index (χ4v) is 3.80. The Balaban J connectivity index is 1.90. The van der Waals surface area contributed by atoms with Crippen LogP contribution in [0.25, 0.3) is 11.2 Å². The first-order valence-electron chi connectivity index (χ1n) is 9.29. The van der Waals surface area contributed by atoms with Crippen LogP contribution >= 0.6 is 11.8 Å². The molecule has 1 aromatic carbocycles. The van der Waals surface area contributed by atoms with E-state index in [1.807, 2.05) is 25.1 Å². The molecule has 2 aromatic heterocycles. The minimum Gasteiger partial charge on any atom is -0.491 e. The van der Waals surface area contributed by atoms with Crippen LogP contribution in [-0.4, -0.2) is 65.6 Å². The van der Waals surface area contributed by atoms with Gasteiger partial charge in [-0.25, -0.2) is 9.78 Å². The number of fused-ring (bicyclic) bond motifs is 1. The highest BCUT2D eigenvalue weighted by Gasteiger charge is 2.21. The van der Waals surface area contributed by atoms with Crippen molar-refractivity contribution >= 4 is 22.9 Å². The number of aliphatic hydroxyl groups excluding tert-OH is 3. The molecule has 0 saturated heterocycles. The second-order valence-corrected chi connectivity index (χ2v) is 7.86. The lowest BCUT2D eigenvalue weighted by molar-refractivity contribution is 0.0910. The molecule has 0 amide bonds. The molecule has 0 aliphatic rings. The number of nitrogens with one attached hydrogen (secondary N) is 1. The topological polar surface area (TPSA) is 143 Å². The van der Waals surface area contributed by atoms with Gasteiger partial charge < -0.3 is 24.6 Å². The number of aromatic amines is 1. The number of nitrogens with zero attached hydrogens (tertiary/aromatic N) is 3. The molecule has 30 heavy (non-hydrogen) atoms. The van der Waals surface area contributed by atoms with Crippen LogP contribution in [0.3, 0.4) is 0 Å². The Kier molecular flexibility index (Phi) is 6.98. The predicted octanol–water partition coefficient (Wildman–Crippen LogP) is -0.383. The molecule has 2 atom stereocenters. The maximum atomic E-state index is 12.4. The molecule has 0 bridgehead atoms. The van der Waals surface area contributed by atoms with Crippen LogP contribution in [0.5, 0.6) is 5.75 Å². The van der Waals surface area contributed by atoms with Crippen molar-refractivity contribution in [3.05, 3.63) is 50.7 Å². The molecule has 3 aromatic rings. The summed E-state index contributed by atoms with van der Waals surface area (Å²) in [6, 6.07) is 7.41. The van der Waals surface area contributed by atoms with E-state index in [0.29, 0.717) is 10.9 Å². The number of hydrogen-bond donors (Lipinski definition) is 4. The van der Waals surface area contributed by atoms with Crippen molar-refractivity contribution in [2.24, 2.45) is 7.05 Å². The summed E-state index contributed by atoms with van der Waals surface area (Å²) in [5, 5.41) is 29.6. The van der Waals surface area contributed by atoms with Gasteiger partial charge in [-0.15, -0.1) is 0 Å². The number of H-pyrrole nitrogens is 1. The third kappa shape index (κ3) is 4.75. The van der Waals surface area contributed by atoms with Crippen molar-refractivity contribution in [2.45, 2.75) is 30.8 Å². The summed E-state index contributed by atoms with van der Waals surface area (Å²) in [6.45, 7) is 1.45. The fraction of sp³-hybridized carbons (Fsp3) is 0.421. The molecular formula is C19H24N4O6S. The van der Waals surface area contributed by atoms with Gasteiger partial charge in [0, 0.05) is 12.8 Å². The summed E-state index contributed by atoms with van der Waals surface area (Å²) in [6.07, 6.45) is -1.94. The van der Waals surface area contributed by atoms with Crippen LogP contribution < -0.4 is 16.0 Å². The van der Waals surface area contributed by atoms with Gasteiger partial charge in [0.1, 0.15) is 18.5 Å². The number of ether oxygens (including phenoxy) is 1. The summed E-state index contributed by atoms with van der Waals surface area (Å²) >= 11 is 1.11. The van der Waals surface area contributed by atoms with Crippen molar-refractivity contribution in [2.75, 3.05) is 19.0 Å². The van der Waals surface area contributed by atoms with Crippen molar-refractivity contribution < 1.29 is 20.1 Å². The zero-order valence-electron chi connectivity index (χ0n) is 16.6. The normalized spacial score (nSPS) is 13.5. The monoisotopic (exact) mass is 436 g/mol. The summed E-state index contributed by atoms with van der Waals surface area (Å²) < 4.78 is 8.38. The van der Waals surface area contributed by atoms with E-state index >= 15 is 0 Å². The van der Waals surface area contributed by atoms with E-state index in [1.165, 1.54) is 16.2 Å². The molecule has 2 heterocycles. The van der Waals surface area contributed by atoms with Crippen molar-refractivity contribution in [3.8, 4) is 5.75 Å². The molecule has 3 rings (SSSR count). The summed E-state index contributed by atoms with van der Waals surface area (Å²) in [5.41, 5.74) is -0.00189. The number of hydrogen-bond acceptors (Lipinski definition) is 8. The zero-order valence-corrected chi connectivity index (χ0v) is 17.4. The van der Waals surface area contributed by atoms with E-state index in [0.717, 1.165) is 17.3 Å². The van der Waals surface area contributed by atoms with Gasteiger partial charge in [0.05, 0.1) is 19.3 Å². The summed E-state index contributed by atoms with van der Waals surface area (Å²) in [4.78, 5) is 30.9. The third-order valence-corrected chi connectivity index (χ3v) is 5.63. The van der Waals surface area contributed by atoms with E-state index in [4.69, 9.17) is 9.84 Å². The van der Waals surface area contributed by atoms with Crippen LogP contribution in [0.15, 0.2) is 39.0 Å². The first kappa shape index (κ1) is 22.1. The quantitative estimate of drug-likeness (QED) is 0.333. The SMILES string of the molecule is Cc1ccccc1OC[C@H](O)Cn1c(SC[C@H](O)CO)nc2c1c(=O)[nH]c(=O)n2C. The lowest BCUT2D eigenvalue weighted by atomic mass is 10.2. The second-order valence-electron chi connectivity index (χ2n) is 6.87. The van der Waals surface area contributed by atoms with Crippen LogP contribution in [0.4, 0.5) is 0 Å². The molecule has 11 heteroatoms. The largest absolute Gasteiger partial charge is 0.491 e. The van der Waals surface area contributed by atoms with Gasteiger partial charge in [0.15, 0.2) is 16.3 Å². The number of rotatable bonds is 9. The number of aromatic nitrogens is 4. The molecule has 0 unspecified atom stereocenters. The standard InChI is InChI=1S/C19H24N4O6S/c1-11-5-3-4-6-14(11)29-9-12(25)7-23-15-16(22(2)18(28)21-17(15)27)20-19(23)30-10-13(26)8-24/h3-6,12-13,24-26H,7-10H2,1-2H3,(H,21,27,28)/t12-,13-/m1/s1. The van der Waals surface area contributed by atoms with E-state index in [9.17, 15) is 19.8 Å². The highest BCUT2D eigenvalue weighted by atomic mass is 32.2. The van der Waals surface area contributed by atoms with Gasteiger partial charge in [-0.1, -0.05) is 30.0 Å². The Bertz CT molecular complexity index is 1140. The van der Waals surface area contributed by atoms with Gasteiger partial charge in [-0.2, -0.15) is 0 Å². The molecule has 0 radical (unpaired) electrons. The molecule has 0 saturated carbocycles. The van der Waals surface area contributed by atoms with Gasteiger partial charge in [0.25, 0.3) is 5.56 Å². The van der Waals surface area contributed by atoms with Crippen LogP contribution in [0.2, 0.25) is 0 Å². The van der Waals surface area contributed by atoms with Gasteiger partial charge in [0.2, 0.25) is 0 Å². The number of imidazole rings is 1. The Morgan fingerprint density at radius 1 is 1.23 bits per heavy atom. The lowest BCUT2D eigenvalue weighted by Crippen LogP contribution is -2.30. The molecular weight excluding hydrogens is 412 g/mol. The number of aliphatic hydroxyl groups is 3. The predicted molar refractivity (Wildman–Crippen MR) is 112 cm³/mol. The Labute approximate surface area is 175 Å². The first-order chi connectivity index (χ1) is 14.3. The average molecular weight is 436 g/mol. The minimum absolute atomic E-state index is 0.0127. The molecule has 10 nitrogen and oxygen atoms in total. The third-order valence-electron chi connectivity index (χ3n) is 4.51. The van der Waals surface area contributed by atoms with Gasteiger partial charge in [-0.05, 0) is 18.6 Å². The van der Waals surface area contributed by atoms with E-state index in [1.54, 1.807) is 6.07 Å². The number of benzene rings is 1. The maximum Gasteiger partial charge on any atom is 0.329 e. The highest BCUT2D eigenvalue weighted by Crippen LogP contribution is 2.23.